The molecule has 108 valence electrons. The molecule has 0 saturated heterocycles. The summed E-state index contributed by atoms with van der Waals surface area (Å²) in [6.07, 6.45) is 1.12. The van der Waals surface area contributed by atoms with Crippen molar-refractivity contribution in [3.05, 3.63) is 0 Å². The standard InChI is InChI=1S/C14H30N2O2/c1-8-15-14(5,13(17)18-7)10-16(6)12(4)9-11(2)3/h11-12,15H,8-10H2,1-7H3. The average Bonchev–Trinajstić information content (AvgIpc) is 2.27. The molecule has 2 unspecified atom stereocenters. The number of hydrogen-bond acceptors (Lipinski definition) is 4. The quantitative estimate of drug-likeness (QED) is 0.675. The molecular weight excluding hydrogens is 228 g/mol. The third-order valence-electron chi connectivity index (χ3n) is 3.33. The molecule has 0 fully saturated rings. The van der Waals surface area contributed by atoms with Crippen LogP contribution in [-0.2, 0) is 9.53 Å². The van der Waals surface area contributed by atoms with Crippen molar-refractivity contribution in [2.24, 2.45) is 5.92 Å². The number of likely N-dealkylation sites (N-methyl/N-ethyl adjacent to an activating group) is 2. The lowest BCUT2D eigenvalue weighted by atomic mass is 9.98. The van der Waals surface area contributed by atoms with Crippen LogP contribution in [0.3, 0.4) is 0 Å². The maximum absolute atomic E-state index is 11.9. The number of carbonyl (C=O) groups excluding carboxylic acids is 1. The maximum atomic E-state index is 11.9. The van der Waals surface area contributed by atoms with Gasteiger partial charge >= 0.3 is 5.97 Å². The topological polar surface area (TPSA) is 41.6 Å². The van der Waals surface area contributed by atoms with Crippen molar-refractivity contribution in [2.75, 3.05) is 27.2 Å². The minimum Gasteiger partial charge on any atom is -0.468 e. The first-order valence-corrected chi connectivity index (χ1v) is 6.80. The summed E-state index contributed by atoms with van der Waals surface area (Å²) in [4.78, 5) is 14.1. The van der Waals surface area contributed by atoms with Gasteiger partial charge in [0.15, 0.2) is 0 Å². The molecule has 0 aliphatic carbocycles. The predicted octanol–water partition coefficient (Wildman–Crippen LogP) is 1.89. The Labute approximate surface area is 112 Å². The molecule has 1 N–H and O–H groups in total. The number of carbonyl (C=O) groups is 1. The van der Waals surface area contributed by atoms with Crippen LogP contribution in [-0.4, -0.2) is 49.7 Å². The minimum atomic E-state index is -0.635. The fourth-order valence-corrected chi connectivity index (χ4v) is 2.32. The Hall–Kier alpha value is -0.610. The Balaban J connectivity index is 4.62. The summed E-state index contributed by atoms with van der Waals surface area (Å²) in [5.74, 6) is 0.457. The van der Waals surface area contributed by atoms with E-state index < -0.39 is 5.54 Å². The first-order valence-electron chi connectivity index (χ1n) is 6.80. The van der Waals surface area contributed by atoms with Crippen molar-refractivity contribution in [1.82, 2.24) is 10.2 Å². The van der Waals surface area contributed by atoms with E-state index in [0.29, 0.717) is 18.5 Å². The zero-order chi connectivity index (χ0) is 14.3. The molecule has 18 heavy (non-hydrogen) atoms. The molecule has 2 atom stereocenters. The molecule has 0 amide bonds. The Bertz CT molecular complexity index is 256. The highest BCUT2D eigenvalue weighted by molar-refractivity contribution is 5.80. The van der Waals surface area contributed by atoms with E-state index in [1.165, 1.54) is 7.11 Å². The molecule has 0 saturated carbocycles. The maximum Gasteiger partial charge on any atom is 0.327 e. The molecule has 0 bridgehead atoms. The van der Waals surface area contributed by atoms with Crippen LogP contribution in [0.25, 0.3) is 0 Å². The van der Waals surface area contributed by atoms with Gasteiger partial charge in [-0.1, -0.05) is 20.8 Å². The van der Waals surface area contributed by atoms with E-state index in [-0.39, 0.29) is 5.97 Å². The molecule has 0 aromatic rings. The molecule has 0 aromatic carbocycles. The fraction of sp³-hybridized carbons (Fsp3) is 0.929. The summed E-state index contributed by atoms with van der Waals surface area (Å²) >= 11 is 0. The fourth-order valence-electron chi connectivity index (χ4n) is 2.32. The lowest BCUT2D eigenvalue weighted by molar-refractivity contribution is -0.148. The summed E-state index contributed by atoms with van der Waals surface area (Å²) in [6, 6.07) is 0.452. The molecule has 0 heterocycles. The van der Waals surface area contributed by atoms with Gasteiger partial charge in [0.2, 0.25) is 0 Å². The van der Waals surface area contributed by atoms with Crippen LogP contribution in [0.1, 0.15) is 41.0 Å². The largest absolute Gasteiger partial charge is 0.468 e. The number of rotatable bonds is 8. The van der Waals surface area contributed by atoms with Crippen molar-refractivity contribution in [3.63, 3.8) is 0 Å². The van der Waals surface area contributed by atoms with Crippen molar-refractivity contribution in [3.8, 4) is 0 Å². The molecule has 4 heteroatoms. The van der Waals surface area contributed by atoms with Gasteiger partial charge in [-0.15, -0.1) is 0 Å². The molecule has 0 aliphatic heterocycles. The van der Waals surface area contributed by atoms with Crippen LogP contribution in [0.2, 0.25) is 0 Å². The van der Waals surface area contributed by atoms with Gasteiger partial charge in [0, 0.05) is 12.6 Å². The van der Waals surface area contributed by atoms with Crippen molar-refractivity contribution in [1.29, 1.82) is 0 Å². The first kappa shape index (κ1) is 17.4. The summed E-state index contributed by atoms with van der Waals surface area (Å²) in [5.41, 5.74) is -0.635. The van der Waals surface area contributed by atoms with Crippen molar-refractivity contribution < 1.29 is 9.53 Å². The lowest BCUT2D eigenvalue weighted by Crippen LogP contribution is -2.58. The normalized spacial score (nSPS) is 16.7. The van der Waals surface area contributed by atoms with E-state index in [9.17, 15) is 4.79 Å². The Morgan fingerprint density at radius 1 is 1.39 bits per heavy atom. The predicted molar refractivity (Wildman–Crippen MR) is 75.6 cm³/mol. The SMILES string of the molecule is CCNC(C)(CN(C)C(C)CC(C)C)C(=O)OC. The van der Waals surface area contributed by atoms with Gasteiger partial charge in [0.05, 0.1) is 7.11 Å². The summed E-state index contributed by atoms with van der Waals surface area (Å²) < 4.78 is 4.90. The summed E-state index contributed by atoms with van der Waals surface area (Å²) in [7, 11) is 3.50. The van der Waals surface area contributed by atoms with Crippen molar-refractivity contribution in [2.45, 2.75) is 52.6 Å². The van der Waals surface area contributed by atoms with E-state index >= 15 is 0 Å². The molecule has 4 nitrogen and oxygen atoms in total. The van der Waals surface area contributed by atoms with E-state index in [1.54, 1.807) is 0 Å². The van der Waals surface area contributed by atoms with Gasteiger partial charge in [0.25, 0.3) is 0 Å². The van der Waals surface area contributed by atoms with E-state index in [0.717, 1.165) is 13.0 Å². The van der Waals surface area contributed by atoms with Crippen LogP contribution in [0.15, 0.2) is 0 Å². The number of ether oxygens (including phenoxy) is 1. The third kappa shape index (κ3) is 5.36. The number of methoxy groups -OCH3 is 1. The van der Waals surface area contributed by atoms with E-state index in [1.807, 2.05) is 13.8 Å². The Morgan fingerprint density at radius 2 is 1.94 bits per heavy atom. The third-order valence-corrected chi connectivity index (χ3v) is 3.33. The number of esters is 1. The van der Waals surface area contributed by atoms with Crippen LogP contribution in [0.5, 0.6) is 0 Å². The van der Waals surface area contributed by atoms with Gasteiger partial charge in [-0.25, -0.2) is 0 Å². The molecular formula is C14H30N2O2. The minimum absolute atomic E-state index is 0.201. The molecule has 0 aromatic heterocycles. The second-order valence-electron chi connectivity index (χ2n) is 5.75. The lowest BCUT2D eigenvalue weighted by Gasteiger charge is -2.35. The molecule has 0 aliphatic rings. The highest BCUT2D eigenvalue weighted by atomic mass is 16.5. The van der Waals surface area contributed by atoms with E-state index in [2.05, 4.69) is 38.0 Å². The second-order valence-corrected chi connectivity index (χ2v) is 5.75. The summed E-state index contributed by atoms with van der Waals surface area (Å²) in [6.45, 7) is 11.9. The smallest absolute Gasteiger partial charge is 0.327 e. The highest BCUT2D eigenvalue weighted by Crippen LogP contribution is 2.14. The van der Waals surface area contributed by atoms with Crippen LogP contribution in [0.4, 0.5) is 0 Å². The average molecular weight is 258 g/mol. The van der Waals surface area contributed by atoms with Gasteiger partial charge in [-0.2, -0.15) is 0 Å². The van der Waals surface area contributed by atoms with Crippen molar-refractivity contribution >= 4 is 5.97 Å². The highest BCUT2D eigenvalue weighted by Gasteiger charge is 2.35. The second kappa shape index (κ2) is 7.74. The van der Waals surface area contributed by atoms with Crippen LogP contribution >= 0.6 is 0 Å². The summed E-state index contributed by atoms with van der Waals surface area (Å²) in [5, 5.41) is 3.23. The number of nitrogens with zero attached hydrogens (tertiary/aromatic N) is 1. The van der Waals surface area contributed by atoms with Gasteiger partial charge in [-0.05, 0) is 39.8 Å². The van der Waals surface area contributed by atoms with Crippen LogP contribution < -0.4 is 5.32 Å². The Kier molecular flexibility index (Phi) is 7.48. The number of nitrogens with one attached hydrogen (secondary N) is 1. The first-order chi connectivity index (χ1) is 8.26. The molecule has 0 rings (SSSR count). The zero-order valence-electron chi connectivity index (χ0n) is 13.0. The monoisotopic (exact) mass is 258 g/mol. The zero-order valence-corrected chi connectivity index (χ0v) is 13.0. The molecule has 0 radical (unpaired) electrons. The van der Waals surface area contributed by atoms with Gasteiger partial charge in [0.1, 0.15) is 5.54 Å². The van der Waals surface area contributed by atoms with Crippen LogP contribution in [0, 0.1) is 5.92 Å². The molecule has 0 spiro atoms. The van der Waals surface area contributed by atoms with Gasteiger partial charge in [-0.3, -0.25) is 4.79 Å². The van der Waals surface area contributed by atoms with E-state index in [4.69, 9.17) is 4.74 Å². The Morgan fingerprint density at radius 3 is 2.33 bits per heavy atom. The van der Waals surface area contributed by atoms with Gasteiger partial charge < -0.3 is 15.0 Å². The number of hydrogen-bond donors (Lipinski definition) is 1.